The van der Waals surface area contributed by atoms with Gasteiger partial charge in [0.05, 0.1) is 6.10 Å². The van der Waals surface area contributed by atoms with Crippen molar-refractivity contribution in [2.45, 2.75) is 31.8 Å². The standard InChI is InChI=1S/C14H19N5O/c1-9-2-3-15-13(4-9)16-7-11-5-10(6-12(11)20)14-17-8-18-19-14/h2-4,8,10-12,20H,5-7H2,1H3,(H,15,16)(H,17,18,19)/t10-,11+,12+/m1/s1. The molecule has 0 spiro atoms. The summed E-state index contributed by atoms with van der Waals surface area (Å²) in [4.78, 5) is 8.46. The number of anilines is 1. The van der Waals surface area contributed by atoms with E-state index in [9.17, 15) is 5.11 Å². The largest absolute Gasteiger partial charge is 0.393 e. The van der Waals surface area contributed by atoms with E-state index in [2.05, 4.69) is 25.5 Å². The van der Waals surface area contributed by atoms with Gasteiger partial charge in [-0.3, -0.25) is 5.10 Å². The minimum Gasteiger partial charge on any atom is -0.393 e. The van der Waals surface area contributed by atoms with Crippen LogP contribution in [0.2, 0.25) is 0 Å². The van der Waals surface area contributed by atoms with Gasteiger partial charge in [0.15, 0.2) is 0 Å². The van der Waals surface area contributed by atoms with E-state index in [0.29, 0.717) is 0 Å². The molecule has 1 fully saturated rings. The van der Waals surface area contributed by atoms with E-state index in [1.165, 1.54) is 11.9 Å². The van der Waals surface area contributed by atoms with Crippen molar-refractivity contribution in [1.82, 2.24) is 20.2 Å². The summed E-state index contributed by atoms with van der Waals surface area (Å²) in [7, 11) is 0. The number of nitrogens with one attached hydrogen (secondary N) is 2. The van der Waals surface area contributed by atoms with Crippen LogP contribution in [0.25, 0.3) is 0 Å². The number of aromatic amines is 1. The molecule has 0 aliphatic heterocycles. The summed E-state index contributed by atoms with van der Waals surface area (Å²) in [5.41, 5.74) is 1.18. The van der Waals surface area contributed by atoms with E-state index in [-0.39, 0.29) is 17.9 Å². The van der Waals surface area contributed by atoms with Gasteiger partial charge in [-0.25, -0.2) is 9.97 Å². The molecule has 6 heteroatoms. The second kappa shape index (κ2) is 5.58. The molecule has 3 rings (SSSR count). The third-order valence-electron chi connectivity index (χ3n) is 3.94. The van der Waals surface area contributed by atoms with Crippen LogP contribution in [0.5, 0.6) is 0 Å². The number of aliphatic hydroxyl groups excluding tert-OH is 1. The first-order valence-corrected chi connectivity index (χ1v) is 6.92. The zero-order valence-corrected chi connectivity index (χ0v) is 11.5. The van der Waals surface area contributed by atoms with Crippen LogP contribution in [-0.2, 0) is 0 Å². The molecular formula is C14H19N5O. The van der Waals surface area contributed by atoms with E-state index in [1.807, 2.05) is 19.1 Å². The minimum atomic E-state index is -0.303. The maximum Gasteiger partial charge on any atom is 0.137 e. The van der Waals surface area contributed by atoms with Crippen LogP contribution < -0.4 is 5.32 Å². The second-order valence-corrected chi connectivity index (χ2v) is 5.47. The molecule has 0 aromatic carbocycles. The molecule has 1 saturated carbocycles. The monoisotopic (exact) mass is 273 g/mol. The minimum absolute atomic E-state index is 0.215. The van der Waals surface area contributed by atoms with Crippen LogP contribution in [0.1, 0.15) is 30.1 Å². The fourth-order valence-electron chi connectivity index (χ4n) is 2.83. The van der Waals surface area contributed by atoms with Crippen molar-refractivity contribution in [2.24, 2.45) is 5.92 Å². The third-order valence-corrected chi connectivity index (χ3v) is 3.94. The van der Waals surface area contributed by atoms with E-state index in [1.54, 1.807) is 6.20 Å². The summed E-state index contributed by atoms with van der Waals surface area (Å²) in [6, 6.07) is 3.98. The number of H-pyrrole nitrogens is 1. The van der Waals surface area contributed by atoms with E-state index in [4.69, 9.17) is 0 Å². The first kappa shape index (κ1) is 13.1. The lowest BCUT2D eigenvalue weighted by Gasteiger charge is -2.15. The zero-order valence-electron chi connectivity index (χ0n) is 11.5. The molecule has 1 aliphatic carbocycles. The zero-order chi connectivity index (χ0) is 13.9. The Morgan fingerprint density at radius 3 is 3.05 bits per heavy atom. The summed E-state index contributed by atoms with van der Waals surface area (Å²) >= 11 is 0. The highest BCUT2D eigenvalue weighted by Gasteiger charge is 2.34. The molecule has 0 saturated heterocycles. The van der Waals surface area contributed by atoms with Gasteiger partial charge in [-0.15, -0.1) is 0 Å². The number of hydrogen-bond acceptors (Lipinski definition) is 5. The molecule has 0 amide bonds. The topological polar surface area (TPSA) is 86.7 Å². The molecule has 3 atom stereocenters. The van der Waals surface area contributed by atoms with Gasteiger partial charge >= 0.3 is 0 Å². The van der Waals surface area contributed by atoms with E-state index in [0.717, 1.165) is 31.0 Å². The van der Waals surface area contributed by atoms with Crippen molar-refractivity contribution >= 4 is 5.82 Å². The Bertz CT molecular complexity index is 556. The van der Waals surface area contributed by atoms with Gasteiger partial charge in [-0.2, -0.15) is 5.10 Å². The summed E-state index contributed by atoms with van der Waals surface area (Å²) in [6.07, 6.45) is 4.66. The molecule has 0 radical (unpaired) electrons. The van der Waals surface area contributed by atoms with Gasteiger partial charge in [0, 0.05) is 24.6 Å². The predicted molar refractivity (Wildman–Crippen MR) is 75.3 cm³/mol. The Morgan fingerprint density at radius 2 is 2.30 bits per heavy atom. The lowest BCUT2D eigenvalue weighted by Crippen LogP contribution is -2.22. The lowest BCUT2D eigenvalue weighted by molar-refractivity contribution is 0.137. The van der Waals surface area contributed by atoms with Crippen LogP contribution in [-0.4, -0.2) is 37.9 Å². The highest BCUT2D eigenvalue weighted by Crippen LogP contribution is 2.36. The average molecular weight is 273 g/mol. The number of aromatic nitrogens is 4. The molecule has 2 heterocycles. The maximum atomic E-state index is 10.2. The van der Waals surface area contributed by atoms with Crippen LogP contribution in [0, 0.1) is 12.8 Å². The number of rotatable bonds is 4. The molecular weight excluding hydrogens is 254 g/mol. The highest BCUT2D eigenvalue weighted by atomic mass is 16.3. The van der Waals surface area contributed by atoms with Crippen LogP contribution in [0.4, 0.5) is 5.82 Å². The van der Waals surface area contributed by atoms with E-state index >= 15 is 0 Å². The Morgan fingerprint density at radius 1 is 1.40 bits per heavy atom. The number of aryl methyl sites for hydroxylation is 1. The SMILES string of the molecule is Cc1ccnc(NC[C@@H]2C[C@@H](c3ncn[nH]3)C[C@@H]2O)c1. The average Bonchev–Trinajstić information content (AvgIpc) is 3.06. The molecule has 1 aliphatic rings. The molecule has 2 aromatic rings. The molecule has 20 heavy (non-hydrogen) atoms. The normalized spacial score (nSPS) is 25.8. The molecule has 0 unspecified atom stereocenters. The number of aliphatic hydroxyl groups is 1. The van der Waals surface area contributed by atoms with Crippen molar-refractivity contribution in [2.75, 3.05) is 11.9 Å². The van der Waals surface area contributed by atoms with Crippen LogP contribution >= 0.6 is 0 Å². The third kappa shape index (κ3) is 2.80. The predicted octanol–water partition coefficient (Wildman–Crippen LogP) is 1.47. The number of hydrogen-bond donors (Lipinski definition) is 3. The lowest BCUT2D eigenvalue weighted by atomic mass is 10.0. The maximum absolute atomic E-state index is 10.2. The first-order chi connectivity index (χ1) is 9.72. The molecule has 3 N–H and O–H groups in total. The van der Waals surface area contributed by atoms with Crippen molar-refractivity contribution in [3.8, 4) is 0 Å². The van der Waals surface area contributed by atoms with E-state index < -0.39 is 0 Å². The second-order valence-electron chi connectivity index (χ2n) is 5.47. The van der Waals surface area contributed by atoms with Crippen molar-refractivity contribution in [3.05, 3.63) is 36.0 Å². The molecule has 6 nitrogen and oxygen atoms in total. The summed E-state index contributed by atoms with van der Waals surface area (Å²) < 4.78 is 0. The van der Waals surface area contributed by atoms with Gasteiger partial charge in [-0.05, 0) is 37.5 Å². The number of nitrogens with zero attached hydrogens (tertiary/aromatic N) is 3. The Balaban J connectivity index is 1.58. The van der Waals surface area contributed by atoms with Crippen molar-refractivity contribution < 1.29 is 5.11 Å². The van der Waals surface area contributed by atoms with Crippen molar-refractivity contribution in [1.29, 1.82) is 0 Å². The van der Waals surface area contributed by atoms with Gasteiger partial charge in [-0.1, -0.05) is 0 Å². The quantitative estimate of drug-likeness (QED) is 0.785. The number of pyridine rings is 1. The van der Waals surface area contributed by atoms with Crippen LogP contribution in [0.15, 0.2) is 24.7 Å². The van der Waals surface area contributed by atoms with Gasteiger partial charge in [0.25, 0.3) is 0 Å². The molecule has 2 aromatic heterocycles. The molecule has 0 bridgehead atoms. The van der Waals surface area contributed by atoms with Crippen LogP contribution in [0.3, 0.4) is 0 Å². The van der Waals surface area contributed by atoms with Crippen molar-refractivity contribution in [3.63, 3.8) is 0 Å². The van der Waals surface area contributed by atoms with Gasteiger partial charge in [0.1, 0.15) is 18.0 Å². The smallest absolute Gasteiger partial charge is 0.137 e. The summed E-state index contributed by atoms with van der Waals surface area (Å²) in [6.45, 7) is 2.76. The Kier molecular flexibility index (Phi) is 3.64. The fraction of sp³-hybridized carbons (Fsp3) is 0.500. The Hall–Kier alpha value is -1.95. The molecule has 106 valence electrons. The summed E-state index contributed by atoms with van der Waals surface area (Å²) in [5, 5.41) is 20.2. The fourth-order valence-corrected chi connectivity index (χ4v) is 2.83. The first-order valence-electron chi connectivity index (χ1n) is 6.92. The van der Waals surface area contributed by atoms with Gasteiger partial charge < -0.3 is 10.4 Å². The Labute approximate surface area is 117 Å². The summed E-state index contributed by atoms with van der Waals surface area (Å²) in [5.74, 6) is 2.22. The van der Waals surface area contributed by atoms with Gasteiger partial charge in [0.2, 0.25) is 0 Å². The highest BCUT2D eigenvalue weighted by molar-refractivity contribution is 5.37.